The zero-order chi connectivity index (χ0) is 23.9. The Bertz CT molecular complexity index is 1170. The van der Waals surface area contributed by atoms with Crippen LogP contribution in [0, 0.1) is 5.82 Å². The number of hydrogen-bond acceptors (Lipinski definition) is 7. The molecule has 4 rings (SSSR count). The molecule has 0 aliphatic carbocycles. The topological polar surface area (TPSA) is 78.3 Å². The molecule has 1 aromatic carbocycles. The summed E-state index contributed by atoms with van der Waals surface area (Å²) in [6, 6.07) is 9.40. The van der Waals surface area contributed by atoms with Gasteiger partial charge in [-0.05, 0) is 48.9 Å². The molecule has 180 valence electrons. The first kappa shape index (κ1) is 24.7. The predicted octanol–water partition coefficient (Wildman–Crippen LogP) is 4.62. The zero-order valence-corrected chi connectivity index (χ0v) is 20.3. The van der Waals surface area contributed by atoms with Crippen molar-refractivity contribution in [2.75, 3.05) is 37.3 Å². The second-order valence-corrected chi connectivity index (χ2v) is 9.14. The van der Waals surface area contributed by atoms with Gasteiger partial charge < -0.3 is 19.4 Å². The maximum atomic E-state index is 14.1. The van der Waals surface area contributed by atoms with Crippen molar-refractivity contribution < 1.29 is 13.9 Å². The average Bonchev–Trinajstić information content (AvgIpc) is 2.85. The second kappa shape index (κ2) is 11.8. The molecule has 7 nitrogen and oxygen atoms in total. The Labute approximate surface area is 206 Å². The normalized spacial score (nSPS) is 15.3. The minimum absolute atomic E-state index is 0.0316. The maximum Gasteiger partial charge on any atom is 0.251 e. The van der Waals surface area contributed by atoms with Crippen LogP contribution in [0.4, 0.5) is 10.3 Å². The minimum atomic E-state index is -0.538. The standard InChI is InChI=1S/C24H26ClFN4O3S/c1-34-15-33-14-22(17-2-3-19(25)20(26)12-17)30-9-5-16(13-23(30)31)21-4-8-27-24(29-21)28-18-6-10-32-11-7-18/h2-5,8-9,12-13,18,22H,6-7,10-11,14-15H2,1H3,(H,27,28,29)/t22-/m1/s1. The number of aromatic nitrogens is 3. The highest BCUT2D eigenvalue weighted by atomic mass is 35.5. The van der Waals surface area contributed by atoms with E-state index in [1.165, 1.54) is 34.5 Å². The first-order valence-electron chi connectivity index (χ1n) is 11.0. The number of anilines is 1. The Balaban J connectivity index is 1.59. The Morgan fingerprint density at radius 3 is 2.85 bits per heavy atom. The highest BCUT2D eigenvalue weighted by Gasteiger charge is 2.19. The van der Waals surface area contributed by atoms with E-state index in [9.17, 15) is 9.18 Å². The number of thioether (sulfide) groups is 1. The summed E-state index contributed by atoms with van der Waals surface area (Å²) in [5, 5.41) is 3.38. The van der Waals surface area contributed by atoms with Crippen molar-refractivity contribution in [2.24, 2.45) is 0 Å². The number of hydrogen-bond donors (Lipinski definition) is 1. The number of benzene rings is 1. The van der Waals surface area contributed by atoms with Crippen LogP contribution in [0.25, 0.3) is 11.3 Å². The van der Waals surface area contributed by atoms with Crippen LogP contribution in [-0.2, 0) is 9.47 Å². The van der Waals surface area contributed by atoms with E-state index in [1.54, 1.807) is 24.5 Å². The molecule has 0 saturated carbocycles. The van der Waals surface area contributed by atoms with Gasteiger partial charge in [0.1, 0.15) is 5.82 Å². The quantitative estimate of drug-likeness (QED) is 0.336. The summed E-state index contributed by atoms with van der Waals surface area (Å²) in [5.41, 5.74) is 1.66. The van der Waals surface area contributed by atoms with E-state index in [0.29, 0.717) is 28.7 Å². The van der Waals surface area contributed by atoms with Gasteiger partial charge in [0.15, 0.2) is 0 Å². The largest absolute Gasteiger partial charge is 0.381 e. The highest BCUT2D eigenvalue weighted by molar-refractivity contribution is 7.98. The van der Waals surface area contributed by atoms with Crippen LogP contribution in [0.5, 0.6) is 0 Å². The average molecular weight is 505 g/mol. The van der Waals surface area contributed by atoms with E-state index in [1.807, 2.05) is 12.3 Å². The number of ether oxygens (including phenoxy) is 2. The third-order valence-corrected chi connectivity index (χ3v) is 6.30. The van der Waals surface area contributed by atoms with Crippen LogP contribution in [0.1, 0.15) is 24.4 Å². The Kier molecular flexibility index (Phi) is 8.55. The van der Waals surface area contributed by atoms with Crippen molar-refractivity contribution in [3.05, 3.63) is 75.5 Å². The van der Waals surface area contributed by atoms with Gasteiger partial charge >= 0.3 is 0 Å². The second-order valence-electron chi connectivity index (χ2n) is 7.92. The number of nitrogens with one attached hydrogen (secondary N) is 1. The molecule has 0 amide bonds. The van der Waals surface area contributed by atoms with E-state index in [2.05, 4.69) is 15.3 Å². The molecular weight excluding hydrogens is 479 g/mol. The number of nitrogens with zero attached hydrogens (tertiary/aromatic N) is 3. The van der Waals surface area contributed by atoms with E-state index in [0.717, 1.165) is 26.1 Å². The lowest BCUT2D eigenvalue weighted by Gasteiger charge is -2.23. The van der Waals surface area contributed by atoms with Gasteiger partial charge in [-0.3, -0.25) is 4.79 Å². The summed E-state index contributed by atoms with van der Waals surface area (Å²) in [5.74, 6) is 0.446. The van der Waals surface area contributed by atoms with Gasteiger partial charge in [0.25, 0.3) is 5.56 Å². The summed E-state index contributed by atoms with van der Waals surface area (Å²) >= 11 is 7.38. The Morgan fingerprint density at radius 2 is 2.12 bits per heavy atom. The fraction of sp³-hybridized carbons (Fsp3) is 0.375. The molecule has 1 atom stereocenters. The molecule has 34 heavy (non-hydrogen) atoms. The molecule has 0 radical (unpaired) electrons. The Hall–Kier alpha value is -2.46. The van der Waals surface area contributed by atoms with E-state index in [4.69, 9.17) is 21.1 Å². The van der Waals surface area contributed by atoms with Gasteiger partial charge in [-0.2, -0.15) is 0 Å². The summed E-state index contributed by atoms with van der Waals surface area (Å²) in [4.78, 5) is 22.0. The molecule has 1 aliphatic rings. The fourth-order valence-electron chi connectivity index (χ4n) is 3.82. The molecule has 1 N–H and O–H groups in total. The maximum absolute atomic E-state index is 14.1. The van der Waals surface area contributed by atoms with Crippen LogP contribution in [-0.4, -0.2) is 52.6 Å². The summed E-state index contributed by atoms with van der Waals surface area (Å²) in [7, 11) is 0. The Morgan fingerprint density at radius 1 is 1.29 bits per heavy atom. The van der Waals surface area contributed by atoms with Crippen LogP contribution in [0.3, 0.4) is 0 Å². The summed E-state index contributed by atoms with van der Waals surface area (Å²) in [6.45, 7) is 1.65. The molecule has 0 spiro atoms. The van der Waals surface area contributed by atoms with Crippen molar-refractivity contribution in [3.8, 4) is 11.3 Å². The first-order valence-corrected chi connectivity index (χ1v) is 12.7. The van der Waals surface area contributed by atoms with Crippen molar-refractivity contribution in [1.82, 2.24) is 14.5 Å². The third kappa shape index (κ3) is 6.15. The van der Waals surface area contributed by atoms with Gasteiger partial charge in [0.2, 0.25) is 5.95 Å². The molecule has 1 aliphatic heterocycles. The number of rotatable bonds is 9. The first-order chi connectivity index (χ1) is 16.5. The van der Waals surface area contributed by atoms with E-state index < -0.39 is 11.9 Å². The SMILES string of the molecule is CSCOC[C@H](c1ccc(Cl)c(F)c1)n1ccc(-c2ccnc(NC3CCOCC3)n2)cc1=O. The van der Waals surface area contributed by atoms with Gasteiger partial charge in [0.05, 0.1) is 29.3 Å². The lowest BCUT2D eigenvalue weighted by molar-refractivity contribution is 0.0903. The smallest absolute Gasteiger partial charge is 0.251 e. The molecule has 1 saturated heterocycles. The predicted molar refractivity (Wildman–Crippen MR) is 133 cm³/mol. The number of pyridine rings is 1. The van der Waals surface area contributed by atoms with Crippen LogP contribution < -0.4 is 10.9 Å². The minimum Gasteiger partial charge on any atom is -0.381 e. The molecular formula is C24H26ClFN4O3S. The zero-order valence-electron chi connectivity index (χ0n) is 18.7. The molecule has 3 aromatic rings. The molecule has 0 bridgehead atoms. The molecule has 10 heteroatoms. The lowest BCUT2D eigenvalue weighted by Crippen LogP contribution is -2.28. The molecule has 2 aromatic heterocycles. The summed E-state index contributed by atoms with van der Waals surface area (Å²) < 4.78 is 26.8. The fourth-order valence-corrected chi connectivity index (χ4v) is 4.20. The van der Waals surface area contributed by atoms with E-state index in [-0.39, 0.29) is 23.2 Å². The van der Waals surface area contributed by atoms with Crippen molar-refractivity contribution in [3.63, 3.8) is 0 Å². The van der Waals surface area contributed by atoms with Crippen LogP contribution in [0.15, 0.2) is 53.6 Å². The number of halogens is 2. The van der Waals surface area contributed by atoms with Crippen molar-refractivity contribution >= 4 is 29.3 Å². The molecule has 1 fully saturated rings. The van der Waals surface area contributed by atoms with E-state index >= 15 is 0 Å². The van der Waals surface area contributed by atoms with Gasteiger partial charge in [-0.15, -0.1) is 11.8 Å². The van der Waals surface area contributed by atoms with Crippen molar-refractivity contribution in [2.45, 2.75) is 24.9 Å². The van der Waals surface area contributed by atoms with Gasteiger partial charge in [-0.25, -0.2) is 14.4 Å². The monoisotopic (exact) mass is 504 g/mol. The van der Waals surface area contributed by atoms with Gasteiger partial charge in [-0.1, -0.05) is 17.7 Å². The third-order valence-electron chi connectivity index (χ3n) is 5.60. The van der Waals surface area contributed by atoms with Crippen LogP contribution >= 0.6 is 23.4 Å². The summed E-state index contributed by atoms with van der Waals surface area (Å²) in [6.07, 6.45) is 7.07. The molecule has 3 heterocycles. The lowest BCUT2D eigenvalue weighted by atomic mass is 10.1. The van der Waals surface area contributed by atoms with Gasteiger partial charge in [0, 0.05) is 43.3 Å². The highest BCUT2D eigenvalue weighted by Crippen LogP contribution is 2.24. The van der Waals surface area contributed by atoms with Crippen molar-refractivity contribution in [1.29, 1.82) is 0 Å². The molecule has 0 unspecified atom stereocenters. The van der Waals surface area contributed by atoms with Crippen LogP contribution in [0.2, 0.25) is 5.02 Å².